The molecule has 1 rings (SSSR count). The minimum absolute atomic E-state index is 0.222. The Labute approximate surface area is 101 Å². The quantitative estimate of drug-likeness (QED) is 0.829. The number of nitrogens with zero attached hydrogens (tertiary/aromatic N) is 2. The molecule has 6 nitrogen and oxygen atoms in total. The van der Waals surface area contributed by atoms with E-state index in [2.05, 4.69) is 15.3 Å². The summed E-state index contributed by atoms with van der Waals surface area (Å²) >= 11 is 0. The average Bonchev–Trinajstić information content (AvgIpc) is 2.18. The third-order valence-electron chi connectivity index (χ3n) is 1.75. The predicted molar refractivity (Wildman–Crippen MR) is 64.6 cm³/mol. The van der Waals surface area contributed by atoms with Gasteiger partial charge in [-0.2, -0.15) is 0 Å². The van der Waals surface area contributed by atoms with E-state index in [0.717, 1.165) is 5.56 Å². The molecule has 0 radical (unpaired) electrons. The summed E-state index contributed by atoms with van der Waals surface area (Å²) in [5.41, 5.74) is 5.80. The van der Waals surface area contributed by atoms with Crippen molar-refractivity contribution in [2.45, 2.75) is 32.8 Å². The highest BCUT2D eigenvalue weighted by Gasteiger charge is 2.16. The lowest BCUT2D eigenvalue weighted by Crippen LogP contribution is -2.27. The summed E-state index contributed by atoms with van der Waals surface area (Å²) in [5.74, 6) is 0.222. The highest BCUT2D eigenvalue weighted by Crippen LogP contribution is 2.08. The Bertz CT molecular complexity index is 370. The lowest BCUT2D eigenvalue weighted by Gasteiger charge is -2.19. The van der Waals surface area contributed by atoms with Crippen LogP contribution in [0.3, 0.4) is 0 Å². The zero-order chi connectivity index (χ0) is 12.9. The molecule has 3 N–H and O–H groups in total. The summed E-state index contributed by atoms with van der Waals surface area (Å²) in [6.07, 6.45) is 3.41. The van der Waals surface area contributed by atoms with Crippen LogP contribution in [0.5, 0.6) is 0 Å². The summed E-state index contributed by atoms with van der Waals surface area (Å²) in [6.45, 7) is 5.91. The van der Waals surface area contributed by atoms with Gasteiger partial charge in [-0.15, -0.1) is 0 Å². The van der Waals surface area contributed by atoms with Gasteiger partial charge < -0.3 is 10.5 Å². The van der Waals surface area contributed by atoms with Gasteiger partial charge >= 0.3 is 6.09 Å². The van der Waals surface area contributed by atoms with Crippen LogP contribution in [0.2, 0.25) is 0 Å². The summed E-state index contributed by atoms with van der Waals surface area (Å²) in [5, 5.41) is 2.45. The third-order valence-corrected chi connectivity index (χ3v) is 1.75. The minimum atomic E-state index is -0.566. The second-order valence-electron chi connectivity index (χ2n) is 4.58. The molecule has 94 valence electrons. The number of anilines is 1. The molecule has 0 unspecified atom stereocenters. The number of carbonyl (C=O) groups is 1. The van der Waals surface area contributed by atoms with Crippen molar-refractivity contribution < 1.29 is 9.53 Å². The summed E-state index contributed by atoms with van der Waals surface area (Å²) < 4.78 is 5.07. The molecule has 1 aromatic rings. The van der Waals surface area contributed by atoms with Gasteiger partial charge in [-0.1, -0.05) is 0 Å². The topological polar surface area (TPSA) is 90.1 Å². The van der Waals surface area contributed by atoms with Gasteiger partial charge in [-0.05, 0) is 39.3 Å². The Hall–Kier alpha value is -1.69. The van der Waals surface area contributed by atoms with E-state index in [1.165, 1.54) is 0 Å². The molecule has 0 atom stereocenters. The molecule has 0 bridgehead atoms. The fourth-order valence-corrected chi connectivity index (χ4v) is 1.11. The zero-order valence-corrected chi connectivity index (χ0v) is 10.4. The van der Waals surface area contributed by atoms with Crippen LogP contribution in [0.25, 0.3) is 0 Å². The van der Waals surface area contributed by atoms with Crippen LogP contribution in [-0.4, -0.2) is 28.2 Å². The van der Waals surface area contributed by atoms with Gasteiger partial charge in [0.15, 0.2) is 0 Å². The minimum Gasteiger partial charge on any atom is -0.444 e. The molecule has 0 aliphatic heterocycles. The SMILES string of the molecule is CC(C)(C)OC(=O)Nc1ncc(CCN)cn1. The number of aromatic nitrogens is 2. The van der Waals surface area contributed by atoms with Crippen molar-refractivity contribution in [1.29, 1.82) is 0 Å². The van der Waals surface area contributed by atoms with E-state index in [1.807, 2.05) is 0 Å². The normalized spacial score (nSPS) is 11.1. The van der Waals surface area contributed by atoms with Gasteiger partial charge in [-0.3, -0.25) is 5.32 Å². The number of rotatable bonds is 3. The highest BCUT2D eigenvalue weighted by molar-refractivity contribution is 5.82. The Morgan fingerprint density at radius 2 is 2.00 bits per heavy atom. The van der Waals surface area contributed by atoms with Crippen molar-refractivity contribution in [1.82, 2.24) is 9.97 Å². The van der Waals surface area contributed by atoms with Crippen molar-refractivity contribution >= 4 is 12.0 Å². The molecular formula is C11H18N4O2. The number of ether oxygens (including phenoxy) is 1. The van der Waals surface area contributed by atoms with Gasteiger partial charge in [0.2, 0.25) is 5.95 Å². The number of carbonyl (C=O) groups excluding carboxylic acids is 1. The number of hydrogen-bond donors (Lipinski definition) is 2. The number of amides is 1. The Balaban J connectivity index is 2.54. The smallest absolute Gasteiger partial charge is 0.414 e. The molecule has 6 heteroatoms. The van der Waals surface area contributed by atoms with Crippen LogP contribution < -0.4 is 11.1 Å². The van der Waals surface area contributed by atoms with E-state index >= 15 is 0 Å². The van der Waals surface area contributed by atoms with Crippen LogP contribution in [0.15, 0.2) is 12.4 Å². The van der Waals surface area contributed by atoms with Crippen LogP contribution in [0.4, 0.5) is 10.7 Å². The number of hydrogen-bond acceptors (Lipinski definition) is 5. The van der Waals surface area contributed by atoms with Crippen LogP contribution in [0, 0.1) is 0 Å². The molecule has 1 amide bonds. The molecule has 17 heavy (non-hydrogen) atoms. The van der Waals surface area contributed by atoms with Gasteiger partial charge in [0.05, 0.1) is 0 Å². The molecule has 1 aromatic heterocycles. The van der Waals surface area contributed by atoms with Gasteiger partial charge in [0, 0.05) is 12.4 Å². The fraction of sp³-hybridized carbons (Fsp3) is 0.545. The molecule has 0 fully saturated rings. The monoisotopic (exact) mass is 238 g/mol. The molecule has 0 aliphatic carbocycles. The van der Waals surface area contributed by atoms with Crippen LogP contribution in [-0.2, 0) is 11.2 Å². The van der Waals surface area contributed by atoms with Crippen LogP contribution in [0.1, 0.15) is 26.3 Å². The summed E-state index contributed by atoms with van der Waals surface area (Å²) in [4.78, 5) is 19.4. The second kappa shape index (κ2) is 5.58. The predicted octanol–water partition coefficient (Wildman–Crippen LogP) is 1.32. The van der Waals surface area contributed by atoms with E-state index in [9.17, 15) is 4.79 Å². The van der Waals surface area contributed by atoms with Crippen molar-refractivity contribution in [2.24, 2.45) is 5.73 Å². The van der Waals surface area contributed by atoms with Crippen molar-refractivity contribution in [3.05, 3.63) is 18.0 Å². The number of nitrogens with two attached hydrogens (primary N) is 1. The van der Waals surface area contributed by atoms with E-state index in [1.54, 1.807) is 33.2 Å². The maximum atomic E-state index is 11.4. The maximum absolute atomic E-state index is 11.4. The summed E-state index contributed by atoms with van der Waals surface area (Å²) in [7, 11) is 0. The second-order valence-corrected chi connectivity index (χ2v) is 4.58. The molecule has 1 heterocycles. The zero-order valence-electron chi connectivity index (χ0n) is 10.4. The number of nitrogens with one attached hydrogen (secondary N) is 1. The Morgan fingerprint density at radius 1 is 1.41 bits per heavy atom. The standard InChI is InChI=1S/C11H18N4O2/c1-11(2,3)17-10(16)15-9-13-6-8(4-5-12)7-14-9/h6-7H,4-5,12H2,1-3H3,(H,13,14,15,16). The van der Waals surface area contributed by atoms with Crippen molar-refractivity contribution in [3.8, 4) is 0 Å². The van der Waals surface area contributed by atoms with Crippen molar-refractivity contribution in [2.75, 3.05) is 11.9 Å². The first-order valence-electron chi connectivity index (χ1n) is 5.42. The van der Waals surface area contributed by atoms with Gasteiger partial charge in [0.25, 0.3) is 0 Å². The molecular weight excluding hydrogens is 220 g/mol. The lowest BCUT2D eigenvalue weighted by atomic mass is 10.2. The lowest BCUT2D eigenvalue weighted by molar-refractivity contribution is 0.0634. The fourth-order valence-electron chi connectivity index (χ4n) is 1.11. The van der Waals surface area contributed by atoms with Crippen molar-refractivity contribution in [3.63, 3.8) is 0 Å². The molecule has 0 saturated heterocycles. The first-order chi connectivity index (χ1) is 7.90. The van der Waals surface area contributed by atoms with E-state index in [-0.39, 0.29) is 5.95 Å². The van der Waals surface area contributed by atoms with E-state index in [0.29, 0.717) is 13.0 Å². The molecule has 0 saturated carbocycles. The maximum Gasteiger partial charge on any atom is 0.414 e. The van der Waals surface area contributed by atoms with E-state index in [4.69, 9.17) is 10.5 Å². The van der Waals surface area contributed by atoms with Gasteiger partial charge in [-0.25, -0.2) is 14.8 Å². The van der Waals surface area contributed by atoms with Gasteiger partial charge in [0.1, 0.15) is 5.60 Å². The van der Waals surface area contributed by atoms with Crippen LogP contribution >= 0.6 is 0 Å². The molecule has 0 aliphatic rings. The molecule has 0 aromatic carbocycles. The Kier molecular flexibility index (Phi) is 4.39. The Morgan fingerprint density at radius 3 is 2.47 bits per heavy atom. The average molecular weight is 238 g/mol. The first-order valence-corrected chi connectivity index (χ1v) is 5.42. The van der Waals surface area contributed by atoms with E-state index < -0.39 is 11.7 Å². The first kappa shape index (κ1) is 13.4. The largest absolute Gasteiger partial charge is 0.444 e. The molecule has 0 spiro atoms. The summed E-state index contributed by atoms with van der Waals surface area (Å²) in [6, 6.07) is 0. The highest BCUT2D eigenvalue weighted by atomic mass is 16.6. The third kappa shape index (κ3) is 5.26.